The second-order valence-corrected chi connectivity index (χ2v) is 5.81. The van der Waals surface area contributed by atoms with E-state index in [0.29, 0.717) is 5.69 Å². The van der Waals surface area contributed by atoms with Crippen LogP contribution in [0.2, 0.25) is 0 Å². The van der Waals surface area contributed by atoms with E-state index in [0.717, 1.165) is 21.3 Å². The summed E-state index contributed by atoms with van der Waals surface area (Å²) in [6.07, 6.45) is 1.46. The maximum absolute atomic E-state index is 12.1. The van der Waals surface area contributed by atoms with Crippen LogP contribution in [0.25, 0.3) is 0 Å². The summed E-state index contributed by atoms with van der Waals surface area (Å²) < 4.78 is 2.25. The molecular weight excluding hydrogens is 334 g/mol. The van der Waals surface area contributed by atoms with Crippen molar-refractivity contribution in [1.82, 2.24) is 4.57 Å². The minimum absolute atomic E-state index is 0.0706. The SMILES string of the molecule is Cc1cc(Br)cc(C)c1NC(=O)Cn1cc(N)ccc1=O. The van der Waals surface area contributed by atoms with Crippen LogP contribution in [0, 0.1) is 13.8 Å². The third kappa shape index (κ3) is 3.72. The van der Waals surface area contributed by atoms with Gasteiger partial charge in [0.15, 0.2) is 0 Å². The molecule has 110 valence electrons. The molecule has 0 aliphatic heterocycles. The number of hydrogen-bond donors (Lipinski definition) is 2. The summed E-state index contributed by atoms with van der Waals surface area (Å²) in [7, 11) is 0. The zero-order valence-corrected chi connectivity index (χ0v) is 13.4. The number of nitrogen functional groups attached to an aromatic ring is 1. The number of halogens is 1. The predicted octanol–water partition coefficient (Wildman–Crippen LogP) is 2.45. The number of pyridine rings is 1. The van der Waals surface area contributed by atoms with Crippen LogP contribution < -0.4 is 16.6 Å². The minimum atomic E-state index is -0.267. The Hall–Kier alpha value is -2.08. The second-order valence-electron chi connectivity index (χ2n) is 4.89. The fourth-order valence-corrected chi connectivity index (χ4v) is 2.80. The summed E-state index contributed by atoms with van der Waals surface area (Å²) in [5, 5.41) is 2.84. The molecule has 0 saturated heterocycles. The fourth-order valence-electron chi connectivity index (χ4n) is 2.11. The van der Waals surface area contributed by atoms with Crippen LogP contribution in [0.5, 0.6) is 0 Å². The van der Waals surface area contributed by atoms with Gasteiger partial charge in [-0.05, 0) is 43.2 Å². The lowest BCUT2D eigenvalue weighted by Crippen LogP contribution is -2.27. The lowest BCUT2D eigenvalue weighted by Gasteiger charge is -2.13. The quantitative estimate of drug-likeness (QED) is 0.893. The van der Waals surface area contributed by atoms with Crippen LogP contribution >= 0.6 is 15.9 Å². The Morgan fingerprint density at radius 1 is 1.29 bits per heavy atom. The van der Waals surface area contributed by atoms with Gasteiger partial charge in [-0.25, -0.2) is 0 Å². The molecule has 2 aromatic rings. The third-order valence-corrected chi connectivity index (χ3v) is 3.54. The van der Waals surface area contributed by atoms with Gasteiger partial charge in [0.05, 0.1) is 0 Å². The van der Waals surface area contributed by atoms with Crippen molar-refractivity contribution in [2.24, 2.45) is 0 Å². The Balaban J connectivity index is 2.19. The molecule has 0 fully saturated rings. The summed E-state index contributed by atoms with van der Waals surface area (Å²) in [6.45, 7) is 3.76. The molecule has 3 N–H and O–H groups in total. The summed E-state index contributed by atoms with van der Waals surface area (Å²) in [5.41, 5.74) is 8.48. The van der Waals surface area contributed by atoms with E-state index in [2.05, 4.69) is 21.2 Å². The molecule has 21 heavy (non-hydrogen) atoms. The number of hydrogen-bond acceptors (Lipinski definition) is 3. The first-order valence-electron chi connectivity index (χ1n) is 6.39. The Morgan fingerprint density at radius 3 is 2.52 bits per heavy atom. The van der Waals surface area contributed by atoms with E-state index in [9.17, 15) is 9.59 Å². The van der Waals surface area contributed by atoms with E-state index >= 15 is 0 Å². The van der Waals surface area contributed by atoms with E-state index in [1.165, 1.54) is 22.9 Å². The molecule has 1 heterocycles. The fraction of sp³-hybridized carbons (Fsp3) is 0.200. The maximum Gasteiger partial charge on any atom is 0.251 e. The molecule has 0 radical (unpaired) electrons. The molecule has 1 amide bonds. The highest BCUT2D eigenvalue weighted by atomic mass is 79.9. The topological polar surface area (TPSA) is 77.1 Å². The number of nitrogens with one attached hydrogen (secondary N) is 1. The van der Waals surface area contributed by atoms with E-state index in [1.807, 2.05) is 26.0 Å². The number of carbonyl (C=O) groups excluding carboxylic acids is 1. The molecule has 0 bridgehead atoms. The minimum Gasteiger partial charge on any atom is -0.398 e. The monoisotopic (exact) mass is 349 g/mol. The van der Waals surface area contributed by atoms with Crippen molar-refractivity contribution in [2.75, 3.05) is 11.1 Å². The van der Waals surface area contributed by atoms with E-state index < -0.39 is 0 Å². The molecule has 0 aliphatic rings. The van der Waals surface area contributed by atoms with Crippen LogP contribution in [-0.2, 0) is 11.3 Å². The smallest absolute Gasteiger partial charge is 0.251 e. The number of amides is 1. The summed E-state index contributed by atoms with van der Waals surface area (Å²) in [5.74, 6) is -0.267. The molecule has 0 atom stereocenters. The molecule has 0 saturated carbocycles. The lowest BCUT2D eigenvalue weighted by atomic mass is 10.1. The first kappa shape index (κ1) is 15.3. The number of carbonyl (C=O) groups is 1. The van der Waals surface area contributed by atoms with E-state index in [-0.39, 0.29) is 18.0 Å². The van der Waals surface area contributed by atoms with Gasteiger partial charge in [0.1, 0.15) is 6.54 Å². The highest BCUT2D eigenvalue weighted by Crippen LogP contribution is 2.25. The maximum atomic E-state index is 12.1. The molecule has 2 rings (SSSR count). The Labute approximate surface area is 130 Å². The van der Waals surface area contributed by atoms with Gasteiger partial charge < -0.3 is 15.6 Å². The Bertz CT molecular complexity index is 730. The summed E-state index contributed by atoms with van der Waals surface area (Å²) >= 11 is 3.41. The molecule has 0 unspecified atom stereocenters. The van der Waals surface area contributed by atoms with Crippen molar-refractivity contribution in [3.63, 3.8) is 0 Å². The molecule has 6 heteroatoms. The number of nitrogens with zero attached hydrogens (tertiary/aromatic N) is 1. The summed E-state index contributed by atoms with van der Waals surface area (Å²) in [4.78, 5) is 23.8. The summed E-state index contributed by atoms with van der Waals surface area (Å²) in [6, 6.07) is 6.71. The molecule has 5 nitrogen and oxygen atoms in total. The molecular formula is C15H16BrN3O2. The van der Waals surface area contributed by atoms with Gasteiger partial charge in [-0.15, -0.1) is 0 Å². The molecule has 1 aromatic carbocycles. The highest BCUT2D eigenvalue weighted by Gasteiger charge is 2.10. The van der Waals surface area contributed by atoms with Gasteiger partial charge in [-0.2, -0.15) is 0 Å². The van der Waals surface area contributed by atoms with Gasteiger partial charge >= 0.3 is 0 Å². The van der Waals surface area contributed by atoms with Crippen LogP contribution in [0.4, 0.5) is 11.4 Å². The average Bonchev–Trinajstić information content (AvgIpc) is 2.38. The van der Waals surface area contributed by atoms with Gasteiger partial charge in [0.25, 0.3) is 5.56 Å². The first-order chi connectivity index (χ1) is 9.86. The van der Waals surface area contributed by atoms with Crippen LogP contribution in [0.1, 0.15) is 11.1 Å². The lowest BCUT2D eigenvalue weighted by molar-refractivity contribution is -0.116. The predicted molar refractivity (Wildman–Crippen MR) is 87.4 cm³/mol. The number of aryl methyl sites for hydroxylation is 2. The molecule has 0 spiro atoms. The highest BCUT2D eigenvalue weighted by molar-refractivity contribution is 9.10. The number of benzene rings is 1. The number of nitrogens with two attached hydrogens (primary N) is 1. The first-order valence-corrected chi connectivity index (χ1v) is 7.18. The Kier molecular flexibility index (Phi) is 4.47. The number of rotatable bonds is 3. The van der Waals surface area contributed by atoms with Gasteiger partial charge in [-0.3, -0.25) is 9.59 Å². The van der Waals surface area contributed by atoms with Crippen molar-refractivity contribution in [3.05, 3.63) is 56.4 Å². The third-order valence-electron chi connectivity index (χ3n) is 3.08. The van der Waals surface area contributed by atoms with Crippen molar-refractivity contribution >= 4 is 33.2 Å². The number of aromatic nitrogens is 1. The van der Waals surface area contributed by atoms with Crippen molar-refractivity contribution in [3.8, 4) is 0 Å². The van der Waals surface area contributed by atoms with Gasteiger partial charge in [0.2, 0.25) is 5.91 Å². The standard InChI is InChI=1S/C15H16BrN3O2/c1-9-5-11(16)6-10(2)15(9)18-13(20)8-19-7-12(17)3-4-14(19)21/h3-7H,8,17H2,1-2H3,(H,18,20). The normalized spacial score (nSPS) is 10.4. The van der Waals surface area contributed by atoms with Gasteiger partial charge in [-0.1, -0.05) is 15.9 Å². The Morgan fingerprint density at radius 2 is 1.90 bits per heavy atom. The van der Waals surface area contributed by atoms with Gasteiger partial charge in [0, 0.05) is 28.1 Å². The second kappa shape index (κ2) is 6.13. The molecule has 0 aliphatic carbocycles. The van der Waals surface area contributed by atoms with Crippen molar-refractivity contribution in [1.29, 1.82) is 0 Å². The zero-order valence-electron chi connectivity index (χ0n) is 11.8. The van der Waals surface area contributed by atoms with Crippen LogP contribution in [-0.4, -0.2) is 10.5 Å². The van der Waals surface area contributed by atoms with Crippen molar-refractivity contribution in [2.45, 2.75) is 20.4 Å². The van der Waals surface area contributed by atoms with Crippen LogP contribution in [0.3, 0.4) is 0 Å². The number of anilines is 2. The zero-order chi connectivity index (χ0) is 15.6. The van der Waals surface area contributed by atoms with E-state index in [4.69, 9.17) is 5.73 Å². The average molecular weight is 350 g/mol. The van der Waals surface area contributed by atoms with E-state index in [1.54, 1.807) is 0 Å². The van der Waals surface area contributed by atoms with Crippen molar-refractivity contribution < 1.29 is 4.79 Å². The largest absolute Gasteiger partial charge is 0.398 e. The van der Waals surface area contributed by atoms with Crippen LogP contribution in [0.15, 0.2) is 39.7 Å². The molecule has 1 aromatic heterocycles.